The molecule has 1 unspecified atom stereocenters. The van der Waals surface area contributed by atoms with E-state index in [9.17, 15) is 31.9 Å². The first-order valence-corrected chi connectivity index (χ1v) is 13.1. The number of benzene rings is 3. The summed E-state index contributed by atoms with van der Waals surface area (Å²) in [7, 11) is 0. The van der Waals surface area contributed by atoms with Crippen LogP contribution in [0.25, 0.3) is 11.1 Å². The molecule has 0 spiro atoms. The first kappa shape index (κ1) is 30.1. The smallest absolute Gasteiger partial charge is 0.417 e. The second-order valence-electron chi connectivity index (χ2n) is 10.3. The lowest BCUT2D eigenvalue weighted by atomic mass is 9.87. The third-order valence-corrected chi connectivity index (χ3v) is 6.66. The molecule has 3 rings (SSSR count). The fourth-order valence-corrected chi connectivity index (χ4v) is 4.77. The molecule has 0 radical (unpaired) electrons. The summed E-state index contributed by atoms with van der Waals surface area (Å²) >= 11 is 0. The van der Waals surface area contributed by atoms with Crippen LogP contribution in [0.4, 0.5) is 27.6 Å². The Morgan fingerprint density at radius 3 is 2.13 bits per heavy atom. The fourth-order valence-electron chi connectivity index (χ4n) is 4.77. The number of alkyl halides is 3. The Balaban J connectivity index is 2.25. The maximum atomic E-state index is 14.6. The highest BCUT2D eigenvalue weighted by Gasteiger charge is 2.38. The second kappa shape index (κ2) is 13.1. The summed E-state index contributed by atoms with van der Waals surface area (Å²) in [5.41, 5.74) is 0.0864. The Morgan fingerprint density at radius 1 is 0.949 bits per heavy atom. The lowest BCUT2D eigenvalue weighted by Crippen LogP contribution is -2.26. The predicted molar refractivity (Wildman–Crippen MR) is 143 cm³/mol. The minimum absolute atomic E-state index is 0.0591. The van der Waals surface area contributed by atoms with Crippen LogP contribution < -0.4 is 4.90 Å². The zero-order valence-corrected chi connectivity index (χ0v) is 22.4. The highest BCUT2D eigenvalue weighted by atomic mass is 19.4. The molecule has 0 saturated heterocycles. The Morgan fingerprint density at radius 2 is 1.59 bits per heavy atom. The number of aliphatic carboxylic acids is 1. The number of carboxylic acids is 1. The SMILES string of the molecule is CCCC(Cc1cc(N(CCC(C)C)Cc2cc(F)cc(F)c2)cc(-c2ccccc2)c1C(F)(F)F)C(=O)O. The quantitative estimate of drug-likeness (QED) is 0.231. The maximum Gasteiger partial charge on any atom is 0.417 e. The van der Waals surface area contributed by atoms with Gasteiger partial charge in [0.25, 0.3) is 0 Å². The molecule has 3 aromatic rings. The summed E-state index contributed by atoms with van der Waals surface area (Å²) in [5, 5.41) is 9.75. The van der Waals surface area contributed by atoms with Crippen molar-refractivity contribution < 1.29 is 31.9 Å². The van der Waals surface area contributed by atoms with Crippen LogP contribution in [-0.4, -0.2) is 17.6 Å². The van der Waals surface area contributed by atoms with Crippen molar-refractivity contribution in [1.29, 1.82) is 0 Å². The Hall–Kier alpha value is -3.42. The van der Waals surface area contributed by atoms with Crippen molar-refractivity contribution in [2.75, 3.05) is 11.4 Å². The van der Waals surface area contributed by atoms with Crippen LogP contribution in [0.2, 0.25) is 0 Å². The third-order valence-electron chi connectivity index (χ3n) is 6.66. The number of halogens is 5. The van der Waals surface area contributed by atoms with Crippen LogP contribution >= 0.6 is 0 Å². The van der Waals surface area contributed by atoms with Crippen molar-refractivity contribution >= 4 is 11.7 Å². The van der Waals surface area contributed by atoms with Gasteiger partial charge in [-0.1, -0.05) is 57.5 Å². The molecule has 3 aromatic carbocycles. The van der Waals surface area contributed by atoms with Gasteiger partial charge >= 0.3 is 12.1 Å². The summed E-state index contributed by atoms with van der Waals surface area (Å²) in [6.45, 7) is 6.30. The molecular formula is C31H34F5NO2. The number of hydrogen-bond acceptors (Lipinski definition) is 2. The molecule has 210 valence electrons. The van der Waals surface area contributed by atoms with E-state index in [-0.39, 0.29) is 36.4 Å². The highest BCUT2D eigenvalue weighted by molar-refractivity contribution is 5.76. The molecule has 8 heteroatoms. The average Bonchev–Trinajstić information content (AvgIpc) is 2.85. The van der Waals surface area contributed by atoms with Gasteiger partial charge in [-0.3, -0.25) is 4.79 Å². The summed E-state index contributed by atoms with van der Waals surface area (Å²) < 4.78 is 71.8. The molecule has 39 heavy (non-hydrogen) atoms. The number of hydrogen-bond donors (Lipinski definition) is 1. The number of rotatable bonds is 12. The Bertz CT molecular complexity index is 1240. The van der Waals surface area contributed by atoms with E-state index in [4.69, 9.17) is 0 Å². The number of carboxylic acid groups (broad SMARTS) is 1. The van der Waals surface area contributed by atoms with E-state index >= 15 is 0 Å². The zero-order chi connectivity index (χ0) is 28.7. The van der Waals surface area contributed by atoms with E-state index < -0.39 is 35.3 Å². The molecule has 0 amide bonds. The predicted octanol–water partition coefficient (Wildman–Crippen LogP) is 8.75. The van der Waals surface area contributed by atoms with Gasteiger partial charge in [0.05, 0.1) is 11.5 Å². The number of anilines is 1. The minimum atomic E-state index is -4.73. The summed E-state index contributed by atoms with van der Waals surface area (Å²) in [4.78, 5) is 13.8. The van der Waals surface area contributed by atoms with Gasteiger partial charge in [0, 0.05) is 24.8 Å². The van der Waals surface area contributed by atoms with E-state index in [0.717, 1.165) is 6.07 Å². The van der Waals surface area contributed by atoms with Crippen LogP contribution in [0.15, 0.2) is 60.7 Å². The normalized spacial score (nSPS) is 12.5. The van der Waals surface area contributed by atoms with Crippen molar-refractivity contribution in [2.45, 2.75) is 59.2 Å². The van der Waals surface area contributed by atoms with E-state index in [1.807, 2.05) is 13.8 Å². The number of nitrogens with zero attached hydrogens (tertiary/aromatic N) is 1. The van der Waals surface area contributed by atoms with Gasteiger partial charge in [0.15, 0.2) is 0 Å². The van der Waals surface area contributed by atoms with Crippen molar-refractivity contribution in [1.82, 2.24) is 0 Å². The molecule has 3 nitrogen and oxygen atoms in total. The van der Waals surface area contributed by atoms with E-state index in [2.05, 4.69) is 0 Å². The molecule has 0 aliphatic heterocycles. The summed E-state index contributed by atoms with van der Waals surface area (Å²) in [6.07, 6.45) is -3.60. The van der Waals surface area contributed by atoms with Crippen LogP contribution in [-0.2, 0) is 23.9 Å². The molecule has 0 aliphatic carbocycles. The number of carbonyl (C=O) groups is 1. The molecular weight excluding hydrogens is 513 g/mol. The Kier molecular flexibility index (Phi) is 10.1. The van der Waals surface area contributed by atoms with Crippen molar-refractivity contribution in [2.24, 2.45) is 11.8 Å². The van der Waals surface area contributed by atoms with Gasteiger partial charge in [-0.2, -0.15) is 13.2 Å². The van der Waals surface area contributed by atoms with Gasteiger partial charge in [0.2, 0.25) is 0 Å². The average molecular weight is 548 g/mol. The van der Waals surface area contributed by atoms with E-state index in [1.54, 1.807) is 42.2 Å². The van der Waals surface area contributed by atoms with Gasteiger partial charge in [-0.25, -0.2) is 8.78 Å². The van der Waals surface area contributed by atoms with Gasteiger partial charge < -0.3 is 10.0 Å². The topological polar surface area (TPSA) is 40.5 Å². The van der Waals surface area contributed by atoms with Crippen LogP contribution in [0, 0.1) is 23.5 Å². The first-order valence-electron chi connectivity index (χ1n) is 13.1. The molecule has 0 saturated carbocycles. The molecule has 0 aromatic heterocycles. The molecule has 0 bridgehead atoms. The molecule has 0 heterocycles. The standard InChI is InChI=1S/C31H34F5NO2/c1-4-8-23(30(38)39)15-24-16-27(18-28(29(24)31(34,35)36)22-9-6-5-7-10-22)37(12-11-20(2)3)19-21-13-25(32)17-26(33)14-21/h5-7,9-10,13-14,16-18,20,23H,4,8,11-12,15,19H2,1-3H3,(H,38,39). The lowest BCUT2D eigenvalue weighted by Gasteiger charge is -2.29. The third kappa shape index (κ3) is 8.28. The van der Waals surface area contributed by atoms with Crippen molar-refractivity contribution in [3.8, 4) is 11.1 Å². The molecule has 0 aliphatic rings. The van der Waals surface area contributed by atoms with Gasteiger partial charge in [0.1, 0.15) is 11.6 Å². The van der Waals surface area contributed by atoms with Crippen LogP contribution in [0.3, 0.4) is 0 Å². The monoisotopic (exact) mass is 547 g/mol. The lowest BCUT2D eigenvalue weighted by molar-refractivity contribution is -0.143. The maximum absolute atomic E-state index is 14.6. The zero-order valence-electron chi connectivity index (χ0n) is 22.4. The van der Waals surface area contributed by atoms with Crippen LogP contribution in [0.1, 0.15) is 56.7 Å². The minimum Gasteiger partial charge on any atom is -0.481 e. The van der Waals surface area contributed by atoms with Gasteiger partial charge in [-0.15, -0.1) is 0 Å². The Labute approximate surface area is 226 Å². The van der Waals surface area contributed by atoms with E-state index in [0.29, 0.717) is 36.2 Å². The largest absolute Gasteiger partial charge is 0.481 e. The van der Waals surface area contributed by atoms with Crippen LogP contribution in [0.5, 0.6) is 0 Å². The summed E-state index contributed by atoms with van der Waals surface area (Å²) in [6, 6.07) is 14.2. The summed E-state index contributed by atoms with van der Waals surface area (Å²) in [5.74, 6) is -3.35. The first-order chi connectivity index (χ1) is 18.4. The van der Waals surface area contributed by atoms with Crippen molar-refractivity contribution in [3.63, 3.8) is 0 Å². The second-order valence-corrected chi connectivity index (χ2v) is 10.3. The molecule has 1 atom stereocenters. The van der Waals surface area contributed by atoms with Gasteiger partial charge in [-0.05, 0) is 71.7 Å². The fraction of sp³-hybridized carbons (Fsp3) is 0.387. The molecule has 0 fully saturated rings. The van der Waals surface area contributed by atoms with Crippen molar-refractivity contribution in [3.05, 3.63) is 89.0 Å². The molecule has 1 N–H and O–H groups in total. The highest BCUT2D eigenvalue weighted by Crippen LogP contribution is 2.43. The van der Waals surface area contributed by atoms with E-state index in [1.165, 1.54) is 24.3 Å².